The maximum Gasteiger partial charge on any atom is 0.273 e. The van der Waals surface area contributed by atoms with Gasteiger partial charge in [0.2, 0.25) is 5.89 Å². The minimum atomic E-state index is -0.229. The molecule has 6 nitrogen and oxygen atoms in total. The van der Waals surface area contributed by atoms with E-state index in [1.54, 1.807) is 6.20 Å². The van der Waals surface area contributed by atoms with Crippen LogP contribution in [0.4, 0.5) is 0 Å². The van der Waals surface area contributed by atoms with E-state index in [4.69, 9.17) is 4.42 Å². The van der Waals surface area contributed by atoms with Crippen LogP contribution in [0.5, 0.6) is 0 Å². The van der Waals surface area contributed by atoms with E-state index in [-0.39, 0.29) is 5.91 Å². The molecular formula is C25H32N4O2. The summed E-state index contributed by atoms with van der Waals surface area (Å²) >= 11 is 0. The third-order valence-electron chi connectivity index (χ3n) is 5.56. The first-order valence-electron chi connectivity index (χ1n) is 10.8. The Morgan fingerprint density at radius 3 is 2.55 bits per heavy atom. The minimum Gasteiger partial charge on any atom is -0.447 e. The van der Waals surface area contributed by atoms with Crippen molar-refractivity contribution in [2.45, 2.75) is 53.2 Å². The first-order valence-corrected chi connectivity index (χ1v) is 10.8. The molecule has 1 N–H and O–H groups in total. The SMILES string of the molecule is Cc1ccc(CN(Cc2nc(C(=O)NCCc3ccccn3)co2)[C@H](C)C(C)C)cc1. The summed E-state index contributed by atoms with van der Waals surface area (Å²) in [6.45, 7) is 10.6. The number of nitrogens with one attached hydrogen (secondary N) is 1. The number of pyridine rings is 1. The lowest BCUT2D eigenvalue weighted by atomic mass is 10.0. The lowest BCUT2D eigenvalue weighted by Crippen LogP contribution is -2.36. The number of nitrogens with zero attached hydrogens (tertiary/aromatic N) is 3. The summed E-state index contributed by atoms with van der Waals surface area (Å²) in [6.07, 6.45) is 3.87. The van der Waals surface area contributed by atoms with Crippen molar-refractivity contribution < 1.29 is 9.21 Å². The number of benzene rings is 1. The second-order valence-corrected chi connectivity index (χ2v) is 8.33. The molecule has 0 bridgehead atoms. The first kappa shape index (κ1) is 22.7. The summed E-state index contributed by atoms with van der Waals surface area (Å²) in [6, 6.07) is 14.7. The lowest BCUT2D eigenvalue weighted by Gasteiger charge is -2.30. The number of hydrogen-bond acceptors (Lipinski definition) is 5. The van der Waals surface area contributed by atoms with Crippen molar-refractivity contribution in [3.8, 4) is 0 Å². The average Bonchev–Trinajstić information content (AvgIpc) is 3.23. The van der Waals surface area contributed by atoms with Gasteiger partial charge in [-0.15, -0.1) is 0 Å². The molecule has 3 rings (SSSR count). The number of amides is 1. The van der Waals surface area contributed by atoms with Crippen molar-refractivity contribution in [1.29, 1.82) is 0 Å². The predicted molar refractivity (Wildman–Crippen MR) is 122 cm³/mol. The van der Waals surface area contributed by atoms with Gasteiger partial charge in [0.1, 0.15) is 6.26 Å². The van der Waals surface area contributed by atoms with Crippen molar-refractivity contribution in [3.63, 3.8) is 0 Å². The first-order chi connectivity index (χ1) is 14.9. The normalized spacial score (nSPS) is 12.3. The zero-order valence-electron chi connectivity index (χ0n) is 18.8. The Labute approximate surface area is 184 Å². The molecule has 0 radical (unpaired) electrons. The van der Waals surface area contributed by atoms with Crippen molar-refractivity contribution in [2.75, 3.05) is 6.54 Å². The van der Waals surface area contributed by atoms with Crippen LogP contribution in [-0.4, -0.2) is 33.4 Å². The second kappa shape index (κ2) is 10.9. The molecule has 1 amide bonds. The van der Waals surface area contributed by atoms with Crippen LogP contribution in [0.3, 0.4) is 0 Å². The highest BCUT2D eigenvalue weighted by molar-refractivity contribution is 5.91. The Balaban J connectivity index is 1.60. The molecule has 2 heterocycles. The summed E-state index contributed by atoms with van der Waals surface area (Å²) < 4.78 is 5.64. The molecule has 1 aromatic carbocycles. The van der Waals surface area contributed by atoms with Gasteiger partial charge in [-0.05, 0) is 37.5 Å². The molecule has 164 valence electrons. The summed E-state index contributed by atoms with van der Waals surface area (Å²) in [5, 5.41) is 2.89. The van der Waals surface area contributed by atoms with Crippen molar-refractivity contribution in [3.05, 3.63) is 83.3 Å². The molecule has 0 saturated heterocycles. The van der Waals surface area contributed by atoms with Gasteiger partial charge in [-0.1, -0.05) is 49.7 Å². The van der Waals surface area contributed by atoms with Crippen molar-refractivity contribution in [2.24, 2.45) is 5.92 Å². The number of hydrogen-bond donors (Lipinski definition) is 1. The number of rotatable bonds is 10. The Bertz CT molecular complexity index is 951. The molecule has 31 heavy (non-hydrogen) atoms. The second-order valence-electron chi connectivity index (χ2n) is 8.33. The van der Waals surface area contributed by atoms with Gasteiger partial charge in [0.15, 0.2) is 5.69 Å². The van der Waals surface area contributed by atoms with Gasteiger partial charge in [-0.25, -0.2) is 4.98 Å². The zero-order chi connectivity index (χ0) is 22.2. The highest BCUT2D eigenvalue weighted by atomic mass is 16.3. The quantitative estimate of drug-likeness (QED) is 0.526. The standard InChI is InChI=1S/C25H32N4O2/c1-18(2)20(4)29(15-21-10-8-19(3)9-11-21)16-24-28-23(17-31-24)25(30)27-14-12-22-7-5-6-13-26-22/h5-11,13,17-18,20H,12,14-16H2,1-4H3,(H,27,30)/t20-/m1/s1. The monoisotopic (exact) mass is 420 g/mol. The number of oxazole rings is 1. The Morgan fingerprint density at radius 2 is 1.87 bits per heavy atom. The van der Waals surface area contributed by atoms with E-state index in [0.29, 0.717) is 43.1 Å². The van der Waals surface area contributed by atoms with E-state index < -0.39 is 0 Å². The number of carbonyl (C=O) groups excluding carboxylic acids is 1. The molecule has 2 aromatic heterocycles. The summed E-state index contributed by atoms with van der Waals surface area (Å²) in [4.78, 5) is 23.5. The van der Waals surface area contributed by atoms with E-state index in [2.05, 4.69) is 72.1 Å². The van der Waals surface area contributed by atoms with Crippen LogP contribution in [0, 0.1) is 12.8 Å². The van der Waals surface area contributed by atoms with Crippen molar-refractivity contribution in [1.82, 2.24) is 20.2 Å². The molecule has 3 aromatic rings. The third kappa shape index (κ3) is 6.76. The third-order valence-corrected chi connectivity index (χ3v) is 5.56. The fourth-order valence-corrected chi connectivity index (χ4v) is 3.30. The van der Waals surface area contributed by atoms with E-state index in [1.165, 1.54) is 17.4 Å². The molecule has 0 unspecified atom stereocenters. The van der Waals surface area contributed by atoms with Crippen LogP contribution >= 0.6 is 0 Å². The van der Waals surface area contributed by atoms with Gasteiger partial charge in [-0.2, -0.15) is 0 Å². The molecule has 0 aliphatic carbocycles. The van der Waals surface area contributed by atoms with Crippen LogP contribution in [0.1, 0.15) is 54.0 Å². The molecule has 0 spiro atoms. The lowest BCUT2D eigenvalue weighted by molar-refractivity contribution is 0.0948. The predicted octanol–water partition coefficient (Wildman–Crippen LogP) is 4.40. The maximum absolute atomic E-state index is 12.4. The molecule has 1 atom stereocenters. The highest BCUT2D eigenvalue weighted by Gasteiger charge is 2.21. The zero-order valence-corrected chi connectivity index (χ0v) is 18.8. The minimum absolute atomic E-state index is 0.229. The number of carbonyl (C=O) groups is 1. The van der Waals surface area contributed by atoms with Gasteiger partial charge in [0.05, 0.1) is 6.54 Å². The van der Waals surface area contributed by atoms with Gasteiger partial charge >= 0.3 is 0 Å². The van der Waals surface area contributed by atoms with Gasteiger partial charge in [0, 0.05) is 37.4 Å². The van der Waals surface area contributed by atoms with E-state index in [1.807, 2.05) is 18.2 Å². The van der Waals surface area contributed by atoms with Crippen LogP contribution in [0.2, 0.25) is 0 Å². The Kier molecular flexibility index (Phi) is 7.95. The van der Waals surface area contributed by atoms with Crippen LogP contribution in [0.15, 0.2) is 59.3 Å². The fourth-order valence-electron chi connectivity index (χ4n) is 3.30. The number of aromatic nitrogens is 2. The summed E-state index contributed by atoms with van der Waals surface area (Å²) in [5.41, 5.74) is 3.75. The Morgan fingerprint density at radius 1 is 1.10 bits per heavy atom. The molecule has 0 saturated carbocycles. The maximum atomic E-state index is 12.4. The topological polar surface area (TPSA) is 71.3 Å². The Hall–Kier alpha value is -2.99. The summed E-state index contributed by atoms with van der Waals surface area (Å²) in [7, 11) is 0. The van der Waals surface area contributed by atoms with Crippen LogP contribution < -0.4 is 5.32 Å². The highest BCUT2D eigenvalue weighted by Crippen LogP contribution is 2.18. The summed E-state index contributed by atoms with van der Waals surface area (Å²) in [5.74, 6) is 0.803. The largest absolute Gasteiger partial charge is 0.447 e. The van der Waals surface area contributed by atoms with Crippen LogP contribution in [-0.2, 0) is 19.5 Å². The van der Waals surface area contributed by atoms with E-state index in [0.717, 1.165) is 12.2 Å². The molecular weight excluding hydrogens is 388 g/mol. The molecule has 0 fully saturated rings. The van der Waals surface area contributed by atoms with E-state index >= 15 is 0 Å². The fraction of sp³-hybridized carbons (Fsp3) is 0.400. The van der Waals surface area contributed by atoms with Gasteiger partial charge < -0.3 is 9.73 Å². The van der Waals surface area contributed by atoms with Crippen molar-refractivity contribution >= 4 is 5.91 Å². The smallest absolute Gasteiger partial charge is 0.273 e. The number of aryl methyl sites for hydroxylation is 1. The van der Waals surface area contributed by atoms with E-state index in [9.17, 15) is 4.79 Å². The average molecular weight is 421 g/mol. The van der Waals surface area contributed by atoms with Gasteiger partial charge in [-0.3, -0.25) is 14.7 Å². The van der Waals surface area contributed by atoms with Gasteiger partial charge in [0.25, 0.3) is 5.91 Å². The molecule has 6 heteroatoms. The molecule has 0 aliphatic rings. The van der Waals surface area contributed by atoms with Crippen LogP contribution in [0.25, 0.3) is 0 Å². The molecule has 0 aliphatic heterocycles.